The monoisotopic (exact) mass is 271 g/mol. The first-order chi connectivity index (χ1) is 9.81. The minimum absolute atomic E-state index is 0.0582. The summed E-state index contributed by atoms with van der Waals surface area (Å²) in [6.45, 7) is 3.93. The molecule has 0 fully saturated rings. The van der Waals surface area contributed by atoms with Crippen LogP contribution in [-0.2, 0) is 11.2 Å². The minimum atomic E-state index is 0.0582. The molecule has 1 aromatic carbocycles. The van der Waals surface area contributed by atoms with Crippen LogP contribution in [-0.4, -0.2) is 30.5 Å². The zero-order valence-corrected chi connectivity index (χ0v) is 11.9. The van der Waals surface area contributed by atoms with Gasteiger partial charge >= 0.3 is 0 Å². The maximum absolute atomic E-state index is 11.4. The van der Waals surface area contributed by atoms with Gasteiger partial charge in [0.1, 0.15) is 0 Å². The van der Waals surface area contributed by atoms with Crippen molar-refractivity contribution in [2.24, 2.45) is 0 Å². The maximum atomic E-state index is 11.4. The molecule has 4 heteroatoms. The average molecular weight is 271 g/mol. The number of aromatic nitrogens is 1. The second-order valence-corrected chi connectivity index (χ2v) is 4.77. The molecule has 20 heavy (non-hydrogen) atoms. The molecule has 0 atom stereocenters. The number of rotatable bonds is 7. The van der Waals surface area contributed by atoms with E-state index in [1.54, 1.807) is 0 Å². The van der Waals surface area contributed by atoms with Gasteiger partial charge < -0.3 is 10.6 Å². The normalized spacial score (nSPS) is 10.7. The fourth-order valence-corrected chi connectivity index (χ4v) is 2.12. The smallest absolute Gasteiger partial charge is 0.233 e. The standard InChI is InChI=1S/C16H21N3O/c1-2-9-18-15(20)12-17-11-8-14-6-3-5-13-7-4-10-19-16(13)14/h3-7,10,17H,2,8-9,11-12H2,1H3,(H,18,20). The van der Waals surface area contributed by atoms with Crippen molar-refractivity contribution in [3.05, 3.63) is 42.1 Å². The summed E-state index contributed by atoms with van der Waals surface area (Å²) in [5.74, 6) is 0.0582. The number of hydrogen-bond acceptors (Lipinski definition) is 3. The zero-order chi connectivity index (χ0) is 14.2. The maximum Gasteiger partial charge on any atom is 0.233 e. The van der Waals surface area contributed by atoms with E-state index in [1.807, 2.05) is 25.3 Å². The zero-order valence-electron chi connectivity index (χ0n) is 11.9. The van der Waals surface area contributed by atoms with Gasteiger partial charge in [-0.2, -0.15) is 0 Å². The van der Waals surface area contributed by atoms with E-state index in [0.717, 1.165) is 36.8 Å². The molecule has 4 nitrogen and oxygen atoms in total. The van der Waals surface area contributed by atoms with Crippen molar-refractivity contribution in [2.75, 3.05) is 19.6 Å². The first-order valence-corrected chi connectivity index (χ1v) is 7.11. The van der Waals surface area contributed by atoms with Gasteiger partial charge in [0.2, 0.25) is 5.91 Å². The SMILES string of the molecule is CCCNC(=O)CNCCc1cccc2cccnc12. The molecule has 0 aliphatic heterocycles. The van der Waals surface area contributed by atoms with Crippen molar-refractivity contribution in [1.82, 2.24) is 15.6 Å². The van der Waals surface area contributed by atoms with E-state index < -0.39 is 0 Å². The molecule has 1 heterocycles. The fraction of sp³-hybridized carbons (Fsp3) is 0.375. The number of hydrogen-bond donors (Lipinski definition) is 2. The average Bonchev–Trinajstić information content (AvgIpc) is 2.49. The third-order valence-electron chi connectivity index (χ3n) is 3.15. The molecule has 0 bridgehead atoms. The lowest BCUT2D eigenvalue weighted by atomic mass is 10.1. The van der Waals surface area contributed by atoms with Crippen molar-refractivity contribution in [3.63, 3.8) is 0 Å². The molecule has 2 aromatic rings. The lowest BCUT2D eigenvalue weighted by Gasteiger charge is -2.07. The van der Waals surface area contributed by atoms with Gasteiger partial charge in [-0.3, -0.25) is 9.78 Å². The second kappa shape index (κ2) is 7.60. The Morgan fingerprint density at radius 2 is 2.05 bits per heavy atom. The molecule has 2 N–H and O–H groups in total. The molecular formula is C16H21N3O. The number of benzene rings is 1. The van der Waals surface area contributed by atoms with Crippen molar-refractivity contribution in [3.8, 4) is 0 Å². The summed E-state index contributed by atoms with van der Waals surface area (Å²) >= 11 is 0. The molecule has 0 aliphatic rings. The first-order valence-electron chi connectivity index (χ1n) is 7.11. The highest BCUT2D eigenvalue weighted by molar-refractivity contribution is 5.81. The lowest BCUT2D eigenvalue weighted by Crippen LogP contribution is -2.35. The van der Waals surface area contributed by atoms with Crippen LogP contribution in [0.25, 0.3) is 10.9 Å². The Bertz CT molecular complexity index is 563. The number of amides is 1. The number of nitrogens with one attached hydrogen (secondary N) is 2. The van der Waals surface area contributed by atoms with E-state index in [9.17, 15) is 4.79 Å². The second-order valence-electron chi connectivity index (χ2n) is 4.77. The molecule has 106 valence electrons. The Morgan fingerprint density at radius 3 is 2.90 bits per heavy atom. The molecule has 0 saturated heterocycles. The molecule has 0 spiro atoms. The molecule has 0 unspecified atom stereocenters. The van der Waals surface area contributed by atoms with E-state index in [0.29, 0.717) is 6.54 Å². The Kier molecular flexibility index (Phi) is 5.50. The summed E-state index contributed by atoms with van der Waals surface area (Å²) in [7, 11) is 0. The number of nitrogens with zero attached hydrogens (tertiary/aromatic N) is 1. The summed E-state index contributed by atoms with van der Waals surface area (Å²) in [6, 6.07) is 10.2. The van der Waals surface area contributed by atoms with E-state index in [4.69, 9.17) is 0 Å². The minimum Gasteiger partial charge on any atom is -0.355 e. The summed E-state index contributed by atoms with van der Waals surface area (Å²) in [6.07, 6.45) is 3.65. The number of carbonyl (C=O) groups is 1. The number of pyridine rings is 1. The predicted octanol–water partition coefficient (Wildman–Crippen LogP) is 1.89. The largest absolute Gasteiger partial charge is 0.355 e. The van der Waals surface area contributed by atoms with Crippen LogP contribution < -0.4 is 10.6 Å². The van der Waals surface area contributed by atoms with Gasteiger partial charge in [-0.15, -0.1) is 0 Å². The van der Waals surface area contributed by atoms with Crippen LogP contribution in [0.4, 0.5) is 0 Å². The number of carbonyl (C=O) groups excluding carboxylic acids is 1. The number of fused-ring (bicyclic) bond motifs is 1. The van der Waals surface area contributed by atoms with Crippen molar-refractivity contribution in [1.29, 1.82) is 0 Å². The molecule has 1 aromatic heterocycles. The third kappa shape index (κ3) is 4.03. The van der Waals surface area contributed by atoms with Gasteiger partial charge in [-0.25, -0.2) is 0 Å². The lowest BCUT2D eigenvalue weighted by molar-refractivity contribution is -0.120. The van der Waals surface area contributed by atoms with Crippen LogP contribution in [0.1, 0.15) is 18.9 Å². The van der Waals surface area contributed by atoms with Crippen molar-refractivity contribution in [2.45, 2.75) is 19.8 Å². The molecule has 0 radical (unpaired) electrons. The van der Waals surface area contributed by atoms with Crippen LogP contribution in [0.5, 0.6) is 0 Å². The first kappa shape index (κ1) is 14.5. The van der Waals surface area contributed by atoms with Gasteiger partial charge in [0, 0.05) is 18.1 Å². The number of para-hydroxylation sites is 1. The summed E-state index contributed by atoms with van der Waals surface area (Å²) in [4.78, 5) is 15.9. The highest BCUT2D eigenvalue weighted by Gasteiger charge is 2.02. The van der Waals surface area contributed by atoms with Gasteiger partial charge in [-0.05, 0) is 31.0 Å². The van der Waals surface area contributed by atoms with Crippen LogP contribution >= 0.6 is 0 Å². The Labute approximate surface area is 119 Å². The quantitative estimate of drug-likeness (QED) is 0.756. The van der Waals surface area contributed by atoms with Gasteiger partial charge in [0.25, 0.3) is 0 Å². The third-order valence-corrected chi connectivity index (χ3v) is 3.15. The van der Waals surface area contributed by atoms with E-state index in [2.05, 4.69) is 33.8 Å². The van der Waals surface area contributed by atoms with E-state index in [1.165, 1.54) is 5.56 Å². The molecule has 1 amide bonds. The highest BCUT2D eigenvalue weighted by Crippen LogP contribution is 2.15. The van der Waals surface area contributed by atoms with Crippen LogP contribution in [0.15, 0.2) is 36.5 Å². The molecule has 0 saturated carbocycles. The molecule has 0 aliphatic carbocycles. The summed E-state index contributed by atoms with van der Waals surface area (Å²) in [5, 5.41) is 7.17. The topological polar surface area (TPSA) is 54.0 Å². The Hall–Kier alpha value is -1.94. The fourth-order valence-electron chi connectivity index (χ4n) is 2.12. The predicted molar refractivity (Wildman–Crippen MR) is 81.6 cm³/mol. The summed E-state index contributed by atoms with van der Waals surface area (Å²) in [5.41, 5.74) is 2.26. The van der Waals surface area contributed by atoms with Gasteiger partial charge in [-0.1, -0.05) is 31.2 Å². The molecule has 2 rings (SSSR count). The highest BCUT2D eigenvalue weighted by atomic mass is 16.1. The van der Waals surface area contributed by atoms with Gasteiger partial charge in [0.15, 0.2) is 0 Å². The van der Waals surface area contributed by atoms with Gasteiger partial charge in [0.05, 0.1) is 12.1 Å². The van der Waals surface area contributed by atoms with Crippen molar-refractivity contribution < 1.29 is 4.79 Å². The van der Waals surface area contributed by atoms with E-state index in [-0.39, 0.29) is 5.91 Å². The molecular weight excluding hydrogens is 250 g/mol. The van der Waals surface area contributed by atoms with Crippen LogP contribution in [0.3, 0.4) is 0 Å². The Balaban J connectivity index is 1.83. The van der Waals surface area contributed by atoms with Crippen LogP contribution in [0, 0.1) is 0 Å². The van der Waals surface area contributed by atoms with Crippen LogP contribution in [0.2, 0.25) is 0 Å². The van der Waals surface area contributed by atoms with E-state index >= 15 is 0 Å². The van der Waals surface area contributed by atoms with Crippen molar-refractivity contribution >= 4 is 16.8 Å². The summed E-state index contributed by atoms with van der Waals surface area (Å²) < 4.78 is 0. The Morgan fingerprint density at radius 1 is 1.20 bits per heavy atom.